The highest BCUT2D eigenvalue weighted by molar-refractivity contribution is 5.91. The van der Waals surface area contributed by atoms with E-state index in [0.717, 1.165) is 5.56 Å². The summed E-state index contributed by atoms with van der Waals surface area (Å²) in [5.74, 6) is 0.0947. The second-order valence-electron chi connectivity index (χ2n) is 7.02. The van der Waals surface area contributed by atoms with Gasteiger partial charge in [-0.05, 0) is 53.4 Å². The molecule has 1 nitrogen and oxygen atoms in total. The van der Waals surface area contributed by atoms with E-state index < -0.39 is 0 Å². The van der Waals surface area contributed by atoms with Gasteiger partial charge in [0, 0.05) is 0 Å². The Bertz CT molecular complexity index is 533. The first-order valence-corrected chi connectivity index (χ1v) is 7.06. The number of benzene rings is 1. The summed E-state index contributed by atoms with van der Waals surface area (Å²) >= 11 is 0. The van der Waals surface area contributed by atoms with Crippen molar-refractivity contribution >= 4 is 11.9 Å². The highest BCUT2D eigenvalue weighted by Crippen LogP contribution is 2.45. The predicted molar refractivity (Wildman–Crippen MR) is 81.4 cm³/mol. The largest absolute Gasteiger partial charge is 0.295 e. The Morgan fingerprint density at radius 2 is 1.63 bits per heavy atom. The highest BCUT2D eigenvalue weighted by atomic mass is 16.1. The third-order valence-electron chi connectivity index (χ3n) is 4.39. The molecule has 0 N–H and O–H groups in total. The van der Waals surface area contributed by atoms with Crippen LogP contribution >= 0.6 is 0 Å². The number of allylic oxidation sites excluding steroid dienone is 1. The standard InChI is InChI=1S/C18H24O/c1-13(19)6-7-14-8-9-15-16(12-14)18(4,5)11-10-17(15,2)3/h6-9,12H,10-11H2,1-5H3/b7-6-. The second kappa shape index (κ2) is 4.63. The molecule has 0 atom stereocenters. The van der Waals surface area contributed by atoms with Crippen molar-refractivity contribution < 1.29 is 4.79 Å². The van der Waals surface area contributed by atoms with Gasteiger partial charge in [-0.2, -0.15) is 0 Å². The average molecular weight is 256 g/mol. The zero-order valence-electron chi connectivity index (χ0n) is 12.7. The van der Waals surface area contributed by atoms with Crippen LogP contribution in [0.1, 0.15) is 64.2 Å². The van der Waals surface area contributed by atoms with Crippen molar-refractivity contribution in [2.45, 2.75) is 58.3 Å². The number of hydrogen-bond donors (Lipinski definition) is 0. The monoisotopic (exact) mass is 256 g/mol. The Kier molecular flexibility index (Phi) is 3.42. The molecule has 0 saturated carbocycles. The Labute approximate surface area is 116 Å². The number of carbonyl (C=O) groups excluding carboxylic acids is 1. The Morgan fingerprint density at radius 1 is 1.05 bits per heavy atom. The van der Waals surface area contributed by atoms with Gasteiger partial charge in [-0.1, -0.05) is 52.0 Å². The minimum atomic E-state index is 0.0947. The SMILES string of the molecule is CC(=O)/C=C\c1ccc2c(c1)C(C)(C)CCC2(C)C. The number of fused-ring (bicyclic) bond motifs is 1. The van der Waals surface area contributed by atoms with Crippen LogP contribution in [0.3, 0.4) is 0 Å². The van der Waals surface area contributed by atoms with Gasteiger partial charge in [0.25, 0.3) is 0 Å². The van der Waals surface area contributed by atoms with Gasteiger partial charge in [0.1, 0.15) is 0 Å². The summed E-state index contributed by atoms with van der Waals surface area (Å²) in [6.07, 6.45) is 6.01. The smallest absolute Gasteiger partial charge is 0.152 e. The van der Waals surface area contributed by atoms with E-state index in [4.69, 9.17) is 0 Å². The van der Waals surface area contributed by atoms with Crippen LogP contribution in [0.2, 0.25) is 0 Å². The number of carbonyl (C=O) groups is 1. The number of hydrogen-bond acceptors (Lipinski definition) is 1. The van der Waals surface area contributed by atoms with E-state index in [0.29, 0.717) is 0 Å². The van der Waals surface area contributed by atoms with Crippen LogP contribution in [0.25, 0.3) is 6.08 Å². The molecule has 1 aliphatic carbocycles. The first-order valence-electron chi connectivity index (χ1n) is 7.06. The molecule has 0 heterocycles. The number of rotatable bonds is 2. The van der Waals surface area contributed by atoms with Gasteiger partial charge in [-0.25, -0.2) is 0 Å². The van der Waals surface area contributed by atoms with Crippen LogP contribution in [0.4, 0.5) is 0 Å². The molecule has 19 heavy (non-hydrogen) atoms. The summed E-state index contributed by atoms with van der Waals surface area (Å²) in [4.78, 5) is 11.0. The maximum atomic E-state index is 11.0. The average Bonchev–Trinajstić information content (AvgIpc) is 2.32. The molecular weight excluding hydrogens is 232 g/mol. The van der Waals surface area contributed by atoms with Crippen LogP contribution < -0.4 is 0 Å². The Balaban J connectivity index is 2.50. The fourth-order valence-corrected chi connectivity index (χ4v) is 2.92. The number of ketones is 1. The van der Waals surface area contributed by atoms with E-state index in [1.165, 1.54) is 24.0 Å². The molecule has 0 unspecified atom stereocenters. The third kappa shape index (κ3) is 2.80. The molecule has 0 aliphatic heterocycles. The van der Waals surface area contributed by atoms with Crippen LogP contribution in [0.5, 0.6) is 0 Å². The molecule has 2 rings (SSSR count). The minimum absolute atomic E-state index is 0.0947. The van der Waals surface area contributed by atoms with Crippen molar-refractivity contribution in [3.05, 3.63) is 41.0 Å². The van der Waals surface area contributed by atoms with E-state index in [9.17, 15) is 4.79 Å². The first-order chi connectivity index (χ1) is 8.72. The van der Waals surface area contributed by atoms with Crippen molar-refractivity contribution in [2.75, 3.05) is 0 Å². The fourth-order valence-electron chi connectivity index (χ4n) is 2.92. The van der Waals surface area contributed by atoms with Crippen molar-refractivity contribution in [1.29, 1.82) is 0 Å². The zero-order chi connectivity index (χ0) is 14.3. The summed E-state index contributed by atoms with van der Waals surface area (Å²) in [6.45, 7) is 10.9. The maximum Gasteiger partial charge on any atom is 0.152 e. The van der Waals surface area contributed by atoms with Gasteiger partial charge >= 0.3 is 0 Å². The van der Waals surface area contributed by atoms with Crippen LogP contribution in [-0.4, -0.2) is 5.78 Å². The van der Waals surface area contributed by atoms with Crippen molar-refractivity contribution in [3.8, 4) is 0 Å². The summed E-state index contributed by atoms with van der Waals surface area (Å²) in [7, 11) is 0. The first kappa shape index (κ1) is 14.0. The van der Waals surface area contributed by atoms with Crippen LogP contribution in [0, 0.1) is 0 Å². The summed E-state index contributed by atoms with van der Waals surface area (Å²) in [5, 5.41) is 0. The Morgan fingerprint density at radius 3 is 2.21 bits per heavy atom. The second-order valence-corrected chi connectivity index (χ2v) is 7.02. The van der Waals surface area contributed by atoms with E-state index in [2.05, 4.69) is 45.9 Å². The van der Waals surface area contributed by atoms with Gasteiger partial charge in [0.15, 0.2) is 5.78 Å². The summed E-state index contributed by atoms with van der Waals surface area (Å²) in [6, 6.07) is 6.63. The molecular formula is C18H24O. The van der Waals surface area contributed by atoms with Gasteiger partial charge in [0.2, 0.25) is 0 Å². The lowest BCUT2D eigenvalue weighted by molar-refractivity contribution is -0.112. The van der Waals surface area contributed by atoms with Gasteiger partial charge < -0.3 is 0 Å². The molecule has 1 aromatic carbocycles. The van der Waals surface area contributed by atoms with Gasteiger partial charge in [-0.3, -0.25) is 4.79 Å². The highest BCUT2D eigenvalue weighted by Gasteiger charge is 2.36. The van der Waals surface area contributed by atoms with Crippen molar-refractivity contribution in [3.63, 3.8) is 0 Å². The lowest BCUT2D eigenvalue weighted by Gasteiger charge is -2.42. The van der Waals surface area contributed by atoms with Crippen LogP contribution in [0.15, 0.2) is 24.3 Å². The van der Waals surface area contributed by atoms with Crippen molar-refractivity contribution in [2.24, 2.45) is 0 Å². The Hall–Kier alpha value is -1.37. The molecule has 102 valence electrons. The lowest BCUT2D eigenvalue weighted by Crippen LogP contribution is -2.33. The molecule has 1 aliphatic rings. The van der Waals surface area contributed by atoms with Gasteiger partial charge in [0.05, 0.1) is 0 Å². The quantitative estimate of drug-likeness (QED) is 0.705. The molecule has 0 spiro atoms. The lowest BCUT2D eigenvalue weighted by atomic mass is 9.63. The molecule has 0 fully saturated rings. The van der Waals surface area contributed by atoms with E-state index in [1.807, 2.05) is 6.08 Å². The molecule has 0 aromatic heterocycles. The fraction of sp³-hybridized carbons (Fsp3) is 0.500. The maximum absolute atomic E-state index is 11.0. The topological polar surface area (TPSA) is 17.1 Å². The molecule has 1 aromatic rings. The molecule has 1 heteroatoms. The van der Waals surface area contributed by atoms with E-state index in [1.54, 1.807) is 13.0 Å². The normalized spacial score (nSPS) is 20.3. The molecule has 0 bridgehead atoms. The molecule has 0 saturated heterocycles. The minimum Gasteiger partial charge on any atom is -0.295 e. The van der Waals surface area contributed by atoms with Crippen molar-refractivity contribution in [1.82, 2.24) is 0 Å². The molecule has 0 radical (unpaired) electrons. The summed E-state index contributed by atoms with van der Waals surface area (Å²) < 4.78 is 0. The zero-order valence-corrected chi connectivity index (χ0v) is 12.7. The third-order valence-corrected chi connectivity index (χ3v) is 4.39. The summed E-state index contributed by atoms with van der Waals surface area (Å²) in [5.41, 5.74) is 4.51. The molecule has 0 amide bonds. The van der Waals surface area contributed by atoms with E-state index in [-0.39, 0.29) is 16.6 Å². The van der Waals surface area contributed by atoms with Gasteiger partial charge in [-0.15, -0.1) is 0 Å². The predicted octanol–water partition coefficient (Wildman–Crippen LogP) is 4.64. The van der Waals surface area contributed by atoms with Crippen LogP contribution in [-0.2, 0) is 15.6 Å². The van der Waals surface area contributed by atoms with E-state index >= 15 is 0 Å².